The lowest BCUT2D eigenvalue weighted by Crippen LogP contribution is -2.56. The highest BCUT2D eigenvalue weighted by molar-refractivity contribution is 5.85. The van der Waals surface area contributed by atoms with Crippen LogP contribution in [-0.4, -0.2) is 53.2 Å². The van der Waals surface area contributed by atoms with E-state index in [1.54, 1.807) is 0 Å². The van der Waals surface area contributed by atoms with E-state index in [0.29, 0.717) is 13.1 Å². The summed E-state index contributed by atoms with van der Waals surface area (Å²) in [5.41, 5.74) is -0.798. The highest BCUT2D eigenvalue weighted by Gasteiger charge is 2.55. The summed E-state index contributed by atoms with van der Waals surface area (Å²) in [7, 11) is 0. The Morgan fingerprint density at radius 1 is 1.33 bits per heavy atom. The van der Waals surface area contributed by atoms with E-state index in [9.17, 15) is 9.59 Å². The monoisotopic (exact) mass is 337 g/mol. The van der Waals surface area contributed by atoms with Crippen molar-refractivity contribution < 1.29 is 14.3 Å². The van der Waals surface area contributed by atoms with Gasteiger partial charge in [-0.2, -0.15) is 0 Å². The van der Waals surface area contributed by atoms with Crippen molar-refractivity contribution >= 4 is 12.0 Å². The van der Waals surface area contributed by atoms with E-state index in [1.807, 2.05) is 25.7 Å². The van der Waals surface area contributed by atoms with Gasteiger partial charge in [-0.3, -0.25) is 9.69 Å². The molecule has 1 atom stereocenters. The normalized spacial score (nSPS) is 34.5. The Labute approximate surface area is 144 Å². The summed E-state index contributed by atoms with van der Waals surface area (Å²) in [4.78, 5) is 26.8. The van der Waals surface area contributed by atoms with Crippen LogP contribution in [0.3, 0.4) is 0 Å². The first-order valence-electron chi connectivity index (χ1n) is 9.08. The van der Waals surface area contributed by atoms with Gasteiger partial charge in [-0.15, -0.1) is 0 Å². The molecule has 3 heterocycles. The minimum Gasteiger partial charge on any atom is -0.444 e. The summed E-state index contributed by atoms with van der Waals surface area (Å²) >= 11 is 0. The summed E-state index contributed by atoms with van der Waals surface area (Å²) in [6.07, 6.45) is 3.82. The highest BCUT2D eigenvalue weighted by atomic mass is 16.6. The van der Waals surface area contributed by atoms with Gasteiger partial charge < -0.3 is 15.4 Å². The number of carbonyl (C=O) groups excluding carboxylic acids is 2. The molecule has 0 aromatic rings. The van der Waals surface area contributed by atoms with Gasteiger partial charge in [0.05, 0.1) is 11.6 Å². The molecule has 24 heavy (non-hydrogen) atoms. The van der Waals surface area contributed by atoms with Crippen molar-refractivity contribution in [2.75, 3.05) is 13.1 Å². The largest absolute Gasteiger partial charge is 0.444 e. The van der Waals surface area contributed by atoms with Crippen molar-refractivity contribution in [3.8, 4) is 0 Å². The van der Waals surface area contributed by atoms with Crippen LogP contribution in [0.1, 0.15) is 60.3 Å². The van der Waals surface area contributed by atoms with Crippen molar-refractivity contribution in [3.63, 3.8) is 0 Å². The van der Waals surface area contributed by atoms with Crippen molar-refractivity contribution in [1.29, 1.82) is 0 Å². The lowest BCUT2D eigenvalue weighted by atomic mass is 9.84. The Hall–Kier alpha value is -1.30. The first-order chi connectivity index (χ1) is 11.0. The number of hydrogen-bond acceptors (Lipinski definition) is 4. The summed E-state index contributed by atoms with van der Waals surface area (Å²) in [5, 5.41) is 6.40. The van der Waals surface area contributed by atoms with E-state index in [4.69, 9.17) is 4.74 Å². The summed E-state index contributed by atoms with van der Waals surface area (Å²) in [6.45, 7) is 11.2. The van der Waals surface area contributed by atoms with Gasteiger partial charge in [0, 0.05) is 24.5 Å². The molecular weight excluding hydrogens is 306 g/mol. The molecular formula is C18H31N3O3. The molecule has 0 saturated carbocycles. The topological polar surface area (TPSA) is 70.7 Å². The van der Waals surface area contributed by atoms with E-state index in [1.165, 1.54) is 0 Å². The van der Waals surface area contributed by atoms with E-state index in [2.05, 4.69) is 24.5 Å². The van der Waals surface area contributed by atoms with Gasteiger partial charge in [-0.1, -0.05) is 13.8 Å². The molecule has 3 rings (SSSR count). The molecule has 0 aliphatic carbocycles. The van der Waals surface area contributed by atoms with Crippen LogP contribution in [0.2, 0.25) is 0 Å². The molecule has 6 heteroatoms. The van der Waals surface area contributed by atoms with Gasteiger partial charge in [0.25, 0.3) is 0 Å². The van der Waals surface area contributed by atoms with Crippen molar-refractivity contribution in [1.82, 2.24) is 15.5 Å². The van der Waals surface area contributed by atoms with Crippen LogP contribution in [0.5, 0.6) is 0 Å². The Balaban J connectivity index is 1.71. The van der Waals surface area contributed by atoms with Crippen molar-refractivity contribution in [2.24, 2.45) is 5.41 Å². The Bertz CT molecular complexity index is 530. The molecule has 2 N–H and O–H groups in total. The maximum absolute atomic E-state index is 12.7. The second kappa shape index (κ2) is 5.61. The molecule has 3 saturated heterocycles. The Kier molecular flexibility index (Phi) is 4.10. The fourth-order valence-corrected chi connectivity index (χ4v) is 4.48. The average Bonchev–Trinajstić information content (AvgIpc) is 3.06. The first-order valence-corrected chi connectivity index (χ1v) is 9.08. The third kappa shape index (κ3) is 3.01. The Morgan fingerprint density at radius 3 is 2.46 bits per heavy atom. The van der Waals surface area contributed by atoms with Gasteiger partial charge in [0.15, 0.2) is 0 Å². The second-order valence-electron chi connectivity index (χ2n) is 9.33. The van der Waals surface area contributed by atoms with Gasteiger partial charge in [0.2, 0.25) is 5.91 Å². The Morgan fingerprint density at radius 2 is 1.96 bits per heavy atom. The molecule has 3 aliphatic heterocycles. The molecule has 0 radical (unpaired) electrons. The van der Waals surface area contributed by atoms with Crippen LogP contribution < -0.4 is 10.6 Å². The molecule has 3 fully saturated rings. The number of nitrogens with zero attached hydrogens (tertiary/aromatic N) is 1. The van der Waals surface area contributed by atoms with E-state index < -0.39 is 5.60 Å². The molecule has 0 aromatic heterocycles. The van der Waals surface area contributed by atoms with E-state index in [-0.39, 0.29) is 35.0 Å². The van der Waals surface area contributed by atoms with E-state index >= 15 is 0 Å². The third-order valence-corrected chi connectivity index (χ3v) is 5.75. The predicted molar refractivity (Wildman–Crippen MR) is 91.6 cm³/mol. The SMILES string of the molecule is CC(C)(C)OC(=O)N1C2CCC1(CNC1C(=O)NCC1(C)C)CC2. The fourth-order valence-electron chi connectivity index (χ4n) is 4.48. The van der Waals surface area contributed by atoms with Crippen LogP contribution in [-0.2, 0) is 9.53 Å². The minimum absolute atomic E-state index is 0.0627. The van der Waals surface area contributed by atoms with Crippen molar-refractivity contribution in [3.05, 3.63) is 0 Å². The third-order valence-electron chi connectivity index (χ3n) is 5.75. The number of nitrogens with one attached hydrogen (secondary N) is 2. The lowest BCUT2D eigenvalue weighted by molar-refractivity contribution is -0.121. The average molecular weight is 337 g/mol. The smallest absolute Gasteiger partial charge is 0.411 e. The number of ether oxygens (including phenoxy) is 1. The molecule has 6 nitrogen and oxygen atoms in total. The van der Waals surface area contributed by atoms with Gasteiger partial charge in [0.1, 0.15) is 5.60 Å². The first kappa shape index (κ1) is 17.5. The lowest BCUT2D eigenvalue weighted by Gasteiger charge is -2.38. The minimum atomic E-state index is -0.485. The van der Waals surface area contributed by atoms with Gasteiger partial charge >= 0.3 is 6.09 Å². The maximum Gasteiger partial charge on any atom is 0.411 e. The predicted octanol–water partition coefficient (Wildman–Crippen LogP) is 2.03. The van der Waals surface area contributed by atoms with Crippen molar-refractivity contribution in [2.45, 2.75) is 83.5 Å². The zero-order chi connectivity index (χ0) is 17.8. The molecule has 136 valence electrons. The number of rotatable bonds is 3. The van der Waals surface area contributed by atoms with Crippen LogP contribution >= 0.6 is 0 Å². The fraction of sp³-hybridized carbons (Fsp3) is 0.889. The molecule has 0 aromatic carbocycles. The number of hydrogen-bond donors (Lipinski definition) is 2. The number of fused-ring (bicyclic) bond motifs is 2. The molecule has 0 spiro atoms. The molecule has 3 aliphatic rings. The van der Waals surface area contributed by atoms with Gasteiger partial charge in [-0.25, -0.2) is 4.79 Å². The van der Waals surface area contributed by atoms with Crippen LogP contribution in [0.25, 0.3) is 0 Å². The number of carbonyl (C=O) groups is 2. The summed E-state index contributed by atoms with van der Waals surface area (Å²) < 4.78 is 5.64. The van der Waals surface area contributed by atoms with E-state index in [0.717, 1.165) is 25.7 Å². The molecule has 2 bridgehead atoms. The molecule has 2 amide bonds. The molecule has 1 unspecified atom stereocenters. The van der Waals surface area contributed by atoms with Gasteiger partial charge in [-0.05, 0) is 46.5 Å². The quantitative estimate of drug-likeness (QED) is 0.827. The summed E-state index contributed by atoms with van der Waals surface area (Å²) in [5.74, 6) is 0.0627. The van der Waals surface area contributed by atoms with Crippen LogP contribution in [0.4, 0.5) is 4.79 Å². The standard InChI is InChI=1S/C18H31N3O3/c1-16(2,3)24-15(23)21-12-6-8-18(21,9-7-12)11-19-13-14(22)20-10-17(13,4)5/h12-13,19H,6-11H2,1-5H3,(H,20,22). The summed E-state index contributed by atoms with van der Waals surface area (Å²) in [6, 6.07) is 0.0825. The number of amides is 2. The highest BCUT2D eigenvalue weighted by Crippen LogP contribution is 2.47. The van der Waals surface area contributed by atoms with Crippen LogP contribution in [0.15, 0.2) is 0 Å². The zero-order valence-electron chi connectivity index (χ0n) is 15.6. The second-order valence-corrected chi connectivity index (χ2v) is 9.33. The zero-order valence-corrected chi connectivity index (χ0v) is 15.6. The maximum atomic E-state index is 12.7. The van der Waals surface area contributed by atoms with Crippen LogP contribution in [0, 0.1) is 5.41 Å².